The summed E-state index contributed by atoms with van der Waals surface area (Å²) in [7, 11) is 0. The Morgan fingerprint density at radius 1 is 1.40 bits per heavy atom. The number of hydrogen-bond acceptors (Lipinski definition) is 4. The molecule has 1 amide bonds. The molecule has 0 aliphatic rings. The van der Waals surface area contributed by atoms with E-state index in [0.29, 0.717) is 0 Å². The van der Waals surface area contributed by atoms with E-state index in [2.05, 4.69) is 16.6 Å². The van der Waals surface area contributed by atoms with Gasteiger partial charge in [0.1, 0.15) is 6.61 Å². The van der Waals surface area contributed by atoms with E-state index in [-0.39, 0.29) is 24.6 Å². The molecule has 84 valence electrons. The fourth-order valence-corrected chi connectivity index (χ4v) is 0.728. The highest BCUT2D eigenvalue weighted by Crippen LogP contribution is 2.00. The second-order valence-electron chi connectivity index (χ2n) is 2.79. The van der Waals surface area contributed by atoms with Crippen molar-refractivity contribution in [2.24, 2.45) is 0 Å². The van der Waals surface area contributed by atoms with Crippen LogP contribution in [-0.2, 0) is 19.1 Å². The van der Waals surface area contributed by atoms with Crippen molar-refractivity contribution in [2.75, 3.05) is 13.2 Å². The summed E-state index contributed by atoms with van der Waals surface area (Å²) >= 11 is 0. The molecule has 0 saturated heterocycles. The Bertz CT molecular complexity index is 284. The first-order chi connectivity index (χ1) is 6.93. The molecule has 0 atom stereocenters. The lowest BCUT2D eigenvalue weighted by Gasteiger charge is -2.05. The number of amides is 1. The molecular formula is C9H13NO5. The van der Waals surface area contributed by atoms with Gasteiger partial charge >= 0.3 is 11.9 Å². The lowest BCUT2D eigenvalue weighted by atomic mass is 10.2. The van der Waals surface area contributed by atoms with Crippen molar-refractivity contribution in [2.45, 2.75) is 13.3 Å². The number of aliphatic carboxylic acids is 1. The van der Waals surface area contributed by atoms with E-state index in [1.807, 2.05) is 0 Å². The molecule has 6 nitrogen and oxygen atoms in total. The molecule has 6 heteroatoms. The molecule has 0 aliphatic carbocycles. The summed E-state index contributed by atoms with van der Waals surface area (Å²) in [6.45, 7) is 4.80. The van der Waals surface area contributed by atoms with Crippen LogP contribution in [0.15, 0.2) is 12.2 Å². The number of hydrogen-bond donors (Lipinski definition) is 2. The van der Waals surface area contributed by atoms with Gasteiger partial charge in [-0.05, 0) is 0 Å². The fourth-order valence-electron chi connectivity index (χ4n) is 0.728. The molecule has 0 aromatic carbocycles. The Kier molecular flexibility index (Phi) is 5.77. The first-order valence-corrected chi connectivity index (χ1v) is 4.24. The van der Waals surface area contributed by atoms with E-state index < -0.39 is 18.4 Å². The van der Waals surface area contributed by atoms with Crippen LogP contribution in [0.1, 0.15) is 13.3 Å². The van der Waals surface area contributed by atoms with Gasteiger partial charge in [-0.1, -0.05) is 6.58 Å². The van der Waals surface area contributed by atoms with Gasteiger partial charge in [0.2, 0.25) is 5.91 Å². The monoisotopic (exact) mass is 215 g/mol. The van der Waals surface area contributed by atoms with Crippen molar-refractivity contribution in [1.82, 2.24) is 5.32 Å². The molecule has 0 radical (unpaired) electrons. The number of rotatable bonds is 6. The van der Waals surface area contributed by atoms with Gasteiger partial charge in [-0.3, -0.25) is 9.59 Å². The standard InChI is InChI=1S/C9H13NO5/c1-6(5-8(12)13)9(14)15-4-3-10-7(2)11/h1,3-5H2,2H3,(H,10,11)(H,12,13). The highest BCUT2D eigenvalue weighted by atomic mass is 16.5. The summed E-state index contributed by atoms with van der Waals surface area (Å²) in [5.74, 6) is -2.13. The molecule has 0 spiro atoms. The number of ether oxygens (including phenoxy) is 1. The van der Waals surface area contributed by atoms with Gasteiger partial charge in [-0.2, -0.15) is 0 Å². The number of carbonyl (C=O) groups excluding carboxylic acids is 2. The van der Waals surface area contributed by atoms with Gasteiger partial charge in [0.05, 0.1) is 13.0 Å². The van der Waals surface area contributed by atoms with Gasteiger partial charge in [-0.25, -0.2) is 4.79 Å². The average Bonchev–Trinajstić information content (AvgIpc) is 2.10. The number of nitrogens with one attached hydrogen (secondary N) is 1. The van der Waals surface area contributed by atoms with E-state index in [4.69, 9.17) is 5.11 Å². The highest BCUT2D eigenvalue weighted by molar-refractivity contribution is 5.92. The van der Waals surface area contributed by atoms with Crippen LogP contribution in [0.3, 0.4) is 0 Å². The molecule has 0 rings (SSSR count). The fraction of sp³-hybridized carbons (Fsp3) is 0.444. The Morgan fingerprint density at radius 2 is 2.00 bits per heavy atom. The predicted octanol–water partition coefficient (Wildman–Crippen LogP) is -0.303. The van der Waals surface area contributed by atoms with Crippen molar-refractivity contribution < 1.29 is 24.2 Å². The molecule has 0 aromatic rings. The number of carboxylic acids is 1. The van der Waals surface area contributed by atoms with Crippen molar-refractivity contribution >= 4 is 17.8 Å². The number of esters is 1. The first-order valence-electron chi connectivity index (χ1n) is 4.24. The van der Waals surface area contributed by atoms with Crippen LogP contribution < -0.4 is 5.32 Å². The summed E-state index contributed by atoms with van der Waals surface area (Å²) in [5, 5.41) is 10.8. The third-order valence-corrected chi connectivity index (χ3v) is 1.36. The second kappa shape index (κ2) is 6.58. The van der Waals surface area contributed by atoms with E-state index in [1.165, 1.54) is 6.92 Å². The Morgan fingerprint density at radius 3 is 2.47 bits per heavy atom. The van der Waals surface area contributed by atoms with Crippen LogP contribution in [0.25, 0.3) is 0 Å². The molecule has 0 bridgehead atoms. The van der Waals surface area contributed by atoms with E-state index in [0.717, 1.165) is 0 Å². The van der Waals surface area contributed by atoms with Crippen molar-refractivity contribution in [3.63, 3.8) is 0 Å². The van der Waals surface area contributed by atoms with Gasteiger partial charge in [-0.15, -0.1) is 0 Å². The Balaban J connectivity index is 3.69. The summed E-state index contributed by atoms with van der Waals surface area (Å²) in [6, 6.07) is 0. The molecule has 0 heterocycles. The minimum absolute atomic E-state index is 0.00292. The van der Waals surface area contributed by atoms with E-state index in [9.17, 15) is 14.4 Å². The van der Waals surface area contributed by atoms with Gasteiger partial charge in [0.25, 0.3) is 0 Å². The molecule has 0 aromatic heterocycles. The van der Waals surface area contributed by atoms with Crippen LogP contribution in [0, 0.1) is 0 Å². The Hall–Kier alpha value is -1.85. The summed E-state index contributed by atoms with van der Waals surface area (Å²) in [5.41, 5.74) is -0.120. The van der Waals surface area contributed by atoms with Gasteiger partial charge in [0.15, 0.2) is 0 Å². The lowest BCUT2D eigenvalue weighted by Crippen LogP contribution is -2.25. The zero-order valence-electron chi connectivity index (χ0n) is 8.41. The lowest BCUT2D eigenvalue weighted by molar-refractivity contribution is -0.142. The molecule has 0 aliphatic heterocycles. The quantitative estimate of drug-likeness (QED) is 0.360. The summed E-state index contributed by atoms with van der Waals surface area (Å²) in [4.78, 5) is 31.7. The summed E-state index contributed by atoms with van der Waals surface area (Å²) < 4.78 is 4.64. The minimum Gasteiger partial charge on any atom is -0.481 e. The second-order valence-corrected chi connectivity index (χ2v) is 2.79. The summed E-state index contributed by atoms with van der Waals surface area (Å²) in [6.07, 6.45) is -0.445. The maximum Gasteiger partial charge on any atom is 0.334 e. The number of carboxylic acid groups (broad SMARTS) is 1. The van der Waals surface area contributed by atoms with Gasteiger partial charge in [0, 0.05) is 12.5 Å². The van der Waals surface area contributed by atoms with Crippen LogP contribution in [0.2, 0.25) is 0 Å². The van der Waals surface area contributed by atoms with Crippen LogP contribution in [-0.4, -0.2) is 36.1 Å². The molecule has 0 fully saturated rings. The van der Waals surface area contributed by atoms with Crippen molar-refractivity contribution in [3.8, 4) is 0 Å². The van der Waals surface area contributed by atoms with E-state index >= 15 is 0 Å². The maximum absolute atomic E-state index is 11.0. The van der Waals surface area contributed by atoms with Crippen LogP contribution >= 0.6 is 0 Å². The minimum atomic E-state index is -1.14. The van der Waals surface area contributed by atoms with Crippen LogP contribution in [0.4, 0.5) is 0 Å². The van der Waals surface area contributed by atoms with Crippen molar-refractivity contribution in [1.29, 1.82) is 0 Å². The van der Waals surface area contributed by atoms with Gasteiger partial charge < -0.3 is 15.2 Å². The van der Waals surface area contributed by atoms with E-state index in [1.54, 1.807) is 0 Å². The van der Waals surface area contributed by atoms with Crippen LogP contribution in [0.5, 0.6) is 0 Å². The Labute approximate surface area is 86.9 Å². The predicted molar refractivity (Wildman–Crippen MR) is 51.0 cm³/mol. The normalized spacial score (nSPS) is 9.13. The third kappa shape index (κ3) is 7.24. The average molecular weight is 215 g/mol. The first kappa shape index (κ1) is 13.2. The topological polar surface area (TPSA) is 92.7 Å². The zero-order chi connectivity index (χ0) is 11.8. The maximum atomic E-state index is 11.0. The number of carbonyl (C=O) groups is 3. The third-order valence-electron chi connectivity index (χ3n) is 1.36. The smallest absolute Gasteiger partial charge is 0.334 e. The molecule has 15 heavy (non-hydrogen) atoms. The molecular weight excluding hydrogens is 202 g/mol. The highest BCUT2D eigenvalue weighted by Gasteiger charge is 2.11. The SMILES string of the molecule is C=C(CC(=O)O)C(=O)OCCNC(C)=O. The molecule has 0 unspecified atom stereocenters. The zero-order valence-corrected chi connectivity index (χ0v) is 8.41. The largest absolute Gasteiger partial charge is 0.481 e. The van der Waals surface area contributed by atoms with Crippen molar-refractivity contribution in [3.05, 3.63) is 12.2 Å². The molecule has 2 N–H and O–H groups in total. The molecule has 0 saturated carbocycles.